The molecule has 0 aliphatic carbocycles. The summed E-state index contributed by atoms with van der Waals surface area (Å²) in [5.41, 5.74) is -1.52. The van der Waals surface area contributed by atoms with Gasteiger partial charge in [0.25, 0.3) is 10.0 Å². The highest BCUT2D eigenvalue weighted by molar-refractivity contribution is 7.92. The van der Waals surface area contributed by atoms with Crippen LogP contribution >= 0.6 is 0 Å². The molecule has 0 saturated heterocycles. The molecule has 0 radical (unpaired) electrons. The molecule has 2 aromatic carbocycles. The lowest BCUT2D eigenvalue weighted by Gasteiger charge is -2.13. The third kappa shape index (κ3) is 4.50. The highest BCUT2D eigenvalue weighted by atomic mass is 32.2. The summed E-state index contributed by atoms with van der Waals surface area (Å²) in [5.74, 6) is -1.60. The molecule has 0 saturated carbocycles. The van der Waals surface area contributed by atoms with Crippen molar-refractivity contribution in [1.29, 1.82) is 0 Å². The zero-order chi connectivity index (χ0) is 18.8. The van der Waals surface area contributed by atoms with Gasteiger partial charge in [0, 0.05) is 0 Å². The van der Waals surface area contributed by atoms with Crippen molar-refractivity contribution in [2.75, 3.05) is 4.72 Å². The molecule has 0 amide bonds. The van der Waals surface area contributed by atoms with Crippen LogP contribution in [0.15, 0.2) is 47.4 Å². The Morgan fingerprint density at radius 3 is 2.20 bits per heavy atom. The minimum atomic E-state index is -4.81. The zero-order valence-corrected chi connectivity index (χ0v) is 13.8. The number of rotatable bonds is 5. The number of benzene rings is 2. The lowest BCUT2D eigenvalue weighted by molar-refractivity contribution is -0.137. The number of aromatic carboxylic acids is 1. The molecule has 0 atom stereocenters. The van der Waals surface area contributed by atoms with Gasteiger partial charge in [-0.2, -0.15) is 13.2 Å². The van der Waals surface area contributed by atoms with Gasteiger partial charge in [-0.1, -0.05) is 19.1 Å². The van der Waals surface area contributed by atoms with Crippen LogP contribution in [-0.4, -0.2) is 19.5 Å². The number of carbonyl (C=O) groups is 1. The summed E-state index contributed by atoms with van der Waals surface area (Å²) < 4.78 is 65.2. The van der Waals surface area contributed by atoms with Crippen LogP contribution < -0.4 is 4.72 Å². The van der Waals surface area contributed by atoms with E-state index >= 15 is 0 Å². The van der Waals surface area contributed by atoms with Crippen molar-refractivity contribution in [2.45, 2.75) is 24.4 Å². The van der Waals surface area contributed by atoms with Crippen LogP contribution in [0.3, 0.4) is 0 Å². The van der Waals surface area contributed by atoms with E-state index in [4.69, 9.17) is 5.11 Å². The first kappa shape index (κ1) is 18.8. The smallest absolute Gasteiger partial charge is 0.416 e. The van der Waals surface area contributed by atoms with E-state index in [0.717, 1.165) is 11.6 Å². The predicted molar refractivity (Wildman–Crippen MR) is 85.0 cm³/mol. The van der Waals surface area contributed by atoms with Gasteiger partial charge < -0.3 is 5.11 Å². The molecule has 9 heteroatoms. The van der Waals surface area contributed by atoms with Crippen LogP contribution in [0, 0.1) is 0 Å². The number of sulfonamides is 1. The molecule has 2 aromatic rings. The first-order chi connectivity index (χ1) is 11.5. The Kier molecular flexibility index (Phi) is 5.07. The Hall–Kier alpha value is -2.55. The summed E-state index contributed by atoms with van der Waals surface area (Å²) in [4.78, 5) is 10.9. The van der Waals surface area contributed by atoms with E-state index in [2.05, 4.69) is 0 Å². The largest absolute Gasteiger partial charge is 0.478 e. The van der Waals surface area contributed by atoms with Crippen LogP contribution in [0.5, 0.6) is 0 Å². The van der Waals surface area contributed by atoms with E-state index in [1.165, 1.54) is 12.1 Å². The van der Waals surface area contributed by atoms with Crippen LogP contribution in [-0.2, 0) is 22.6 Å². The third-order valence-corrected chi connectivity index (χ3v) is 4.80. The maximum absolute atomic E-state index is 12.9. The van der Waals surface area contributed by atoms with Crippen molar-refractivity contribution >= 4 is 21.7 Å². The standard InChI is InChI=1S/C16H14F3NO4S/c1-2-10-3-5-14(6-4-10)25(23,24)20-13-8-11(15(21)22)7-12(9-13)16(17,18)19/h3-9,20H,2H2,1H3,(H,21,22). The second kappa shape index (κ2) is 6.75. The summed E-state index contributed by atoms with van der Waals surface area (Å²) in [6, 6.07) is 7.64. The SMILES string of the molecule is CCc1ccc(S(=O)(=O)Nc2cc(C(=O)O)cc(C(F)(F)F)c2)cc1. The van der Waals surface area contributed by atoms with Crippen molar-refractivity contribution in [2.24, 2.45) is 0 Å². The average Bonchev–Trinajstić information content (AvgIpc) is 2.53. The fourth-order valence-electron chi connectivity index (χ4n) is 2.09. The normalized spacial score (nSPS) is 12.0. The topological polar surface area (TPSA) is 83.5 Å². The number of aryl methyl sites for hydroxylation is 1. The maximum Gasteiger partial charge on any atom is 0.416 e. The molecule has 0 spiro atoms. The Bertz CT molecular complexity index is 891. The lowest BCUT2D eigenvalue weighted by atomic mass is 10.1. The molecule has 2 N–H and O–H groups in total. The van der Waals surface area contributed by atoms with Crippen LogP contribution in [0.2, 0.25) is 0 Å². The minimum absolute atomic E-state index is 0.140. The van der Waals surface area contributed by atoms with Gasteiger partial charge in [-0.15, -0.1) is 0 Å². The van der Waals surface area contributed by atoms with Gasteiger partial charge in [0.1, 0.15) is 0 Å². The van der Waals surface area contributed by atoms with Crippen molar-refractivity contribution in [1.82, 2.24) is 0 Å². The molecule has 0 aliphatic heterocycles. The second-order valence-corrected chi connectivity index (χ2v) is 6.89. The number of carboxylic acids is 1. The Morgan fingerprint density at radius 1 is 1.12 bits per heavy atom. The van der Waals surface area contributed by atoms with E-state index in [1.807, 2.05) is 11.6 Å². The molecule has 5 nitrogen and oxygen atoms in total. The number of anilines is 1. The van der Waals surface area contributed by atoms with Gasteiger partial charge in [0.2, 0.25) is 0 Å². The number of halogens is 3. The Morgan fingerprint density at radius 2 is 1.72 bits per heavy atom. The van der Waals surface area contributed by atoms with Gasteiger partial charge in [0.15, 0.2) is 0 Å². The summed E-state index contributed by atoms with van der Waals surface area (Å²) in [6.45, 7) is 1.89. The monoisotopic (exact) mass is 373 g/mol. The summed E-state index contributed by atoms with van der Waals surface area (Å²) in [5, 5.41) is 8.93. The molecular formula is C16H14F3NO4S. The molecule has 25 heavy (non-hydrogen) atoms. The van der Waals surface area contributed by atoms with Gasteiger partial charge in [-0.25, -0.2) is 13.2 Å². The molecule has 134 valence electrons. The number of alkyl halides is 3. The minimum Gasteiger partial charge on any atom is -0.478 e. The molecule has 0 aliphatic rings. The summed E-state index contributed by atoms with van der Waals surface area (Å²) >= 11 is 0. The number of carboxylic acid groups (broad SMARTS) is 1. The van der Waals surface area contributed by atoms with Gasteiger partial charge >= 0.3 is 12.1 Å². The van der Waals surface area contributed by atoms with Crippen LogP contribution in [0.1, 0.15) is 28.4 Å². The molecule has 0 bridgehead atoms. The molecule has 0 aromatic heterocycles. The van der Waals surface area contributed by atoms with Gasteiger partial charge in [0.05, 0.1) is 21.7 Å². The quantitative estimate of drug-likeness (QED) is 0.836. The lowest BCUT2D eigenvalue weighted by Crippen LogP contribution is -2.15. The summed E-state index contributed by atoms with van der Waals surface area (Å²) in [6.07, 6.45) is -4.11. The van der Waals surface area contributed by atoms with Crippen molar-refractivity contribution in [3.05, 3.63) is 59.2 Å². The zero-order valence-electron chi connectivity index (χ0n) is 13.0. The number of nitrogens with one attached hydrogen (secondary N) is 1. The first-order valence-electron chi connectivity index (χ1n) is 7.10. The fraction of sp³-hybridized carbons (Fsp3) is 0.188. The molecule has 0 unspecified atom stereocenters. The van der Waals surface area contributed by atoms with E-state index in [1.54, 1.807) is 12.1 Å². The third-order valence-electron chi connectivity index (χ3n) is 3.40. The van der Waals surface area contributed by atoms with Gasteiger partial charge in [-0.05, 0) is 42.3 Å². The Balaban J connectivity index is 2.43. The van der Waals surface area contributed by atoms with Crippen molar-refractivity contribution in [3.8, 4) is 0 Å². The van der Waals surface area contributed by atoms with E-state index in [-0.39, 0.29) is 4.90 Å². The predicted octanol–water partition coefficient (Wildman–Crippen LogP) is 3.77. The maximum atomic E-state index is 12.9. The van der Waals surface area contributed by atoms with Crippen LogP contribution in [0.4, 0.5) is 18.9 Å². The van der Waals surface area contributed by atoms with Crippen molar-refractivity contribution in [3.63, 3.8) is 0 Å². The molecule has 0 heterocycles. The second-order valence-electron chi connectivity index (χ2n) is 5.20. The number of hydrogen-bond donors (Lipinski definition) is 2. The van der Waals surface area contributed by atoms with E-state index in [9.17, 15) is 26.4 Å². The van der Waals surface area contributed by atoms with Crippen LogP contribution in [0.25, 0.3) is 0 Å². The molecular weight excluding hydrogens is 359 g/mol. The first-order valence-corrected chi connectivity index (χ1v) is 8.58. The molecule has 0 fully saturated rings. The summed E-state index contributed by atoms with van der Waals surface area (Å²) in [7, 11) is -4.15. The molecule has 2 rings (SSSR count). The average molecular weight is 373 g/mol. The van der Waals surface area contributed by atoms with Gasteiger partial charge in [-0.3, -0.25) is 4.72 Å². The van der Waals surface area contributed by atoms with E-state index < -0.39 is 39.0 Å². The van der Waals surface area contributed by atoms with Crippen molar-refractivity contribution < 1.29 is 31.5 Å². The van der Waals surface area contributed by atoms with E-state index in [0.29, 0.717) is 18.6 Å². The Labute approximate surface area is 142 Å². The number of hydrogen-bond acceptors (Lipinski definition) is 3. The highest BCUT2D eigenvalue weighted by Gasteiger charge is 2.32. The highest BCUT2D eigenvalue weighted by Crippen LogP contribution is 2.32. The fourth-order valence-corrected chi connectivity index (χ4v) is 3.13.